The molecule has 0 saturated carbocycles. The Kier molecular flexibility index (Phi) is 2.53. The van der Waals surface area contributed by atoms with Gasteiger partial charge in [0, 0.05) is 6.20 Å². The van der Waals surface area contributed by atoms with Crippen LogP contribution in [-0.4, -0.2) is 15.3 Å². The predicted octanol–water partition coefficient (Wildman–Crippen LogP) is 0.855. The number of fused-ring (bicyclic) bond motifs is 1. The second-order valence-electron chi connectivity index (χ2n) is 2.44. The SMILES string of the molecule is Cl.NC(=O)c1ncc2ccccn12. The number of amides is 1. The Morgan fingerprint density at radius 2 is 2.23 bits per heavy atom. The number of nitrogens with two attached hydrogens (primary N) is 1. The van der Waals surface area contributed by atoms with Crippen LogP contribution < -0.4 is 5.73 Å². The van der Waals surface area contributed by atoms with Crippen molar-refractivity contribution in [2.45, 2.75) is 0 Å². The maximum absolute atomic E-state index is 10.8. The predicted molar refractivity (Wildman–Crippen MR) is 51.0 cm³/mol. The van der Waals surface area contributed by atoms with E-state index in [4.69, 9.17) is 5.73 Å². The van der Waals surface area contributed by atoms with Gasteiger partial charge in [-0.3, -0.25) is 9.20 Å². The zero-order valence-corrected chi connectivity index (χ0v) is 7.49. The first kappa shape index (κ1) is 9.54. The van der Waals surface area contributed by atoms with Crippen molar-refractivity contribution in [3.63, 3.8) is 0 Å². The van der Waals surface area contributed by atoms with Gasteiger partial charge in [0.1, 0.15) is 0 Å². The van der Waals surface area contributed by atoms with E-state index in [1.54, 1.807) is 16.8 Å². The van der Waals surface area contributed by atoms with Crippen molar-refractivity contribution in [2.24, 2.45) is 5.73 Å². The summed E-state index contributed by atoms with van der Waals surface area (Å²) in [6.45, 7) is 0. The number of pyridine rings is 1. The van der Waals surface area contributed by atoms with Crippen LogP contribution in [0.15, 0.2) is 30.6 Å². The summed E-state index contributed by atoms with van der Waals surface area (Å²) in [6, 6.07) is 5.56. The second kappa shape index (κ2) is 3.45. The summed E-state index contributed by atoms with van der Waals surface area (Å²) in [6.07, 6.45) is 3.36. The molecule has 4 nitrogen and oxygen atoms in total. The number of primary amides is 1. The van der Waals surface area contributed by atoms with Crippen molar-refractivity contribution in [2.75, 3.05) is 0 Å². The molecule has 2 aromatic heterocycles. The van der Waals surface area contributed by atoms with Gasteiger partial charge in [0.25, 0.3) is 5.91 Å². The summed E-state index contributed by atoms with van der Waals surface area (Å²) in [5.74, 6) is -0.244. The zero-order valence-electron chi connectivity index (χ0n) is 6.68. The Morgan fingerprint density at radius 3 is 2.92 bits per heavy atom. The Balaban J connectivity index is 0.000000845. The minimum absolute atomic E-state index is 0. The van der Waals surface area contributed by atoms with Crippen LogP contribution in [0.5, 0.6) is 0 Å². The molecule has 0 unspecified atom stereocenters. The van der Waals surface area contributed by atoms with E-state index in [0.29, 0.717) is 0 Å². The molecule has 2 aromatic rings. The number of carbonyl (C=O) groups is 1. The molecule has 0 aliphatic carbocycles. The fraction of sp³-hybridized carbons (Fsp3) is 0. The number of rotatable bonds is 1. The number of halogens is 1. The van der Waals surface area contributed by atoms with Crippen molar-refractivity contribution in [1.82, 2.24) is 9.38 Å². The van der Waals surface area contributed by atoms with E-state index in [1.165, 1.54) is 0 Å². The molecular formula is C8H8ClN3O. The second-order valence-corrected chi connectivity index (χ2v) is 2.44. The highest BCUT2D eigenvalue weighted by Gasteiger charge is 2.06. The van der Waals surface area contributed by atoms with Crippen molar-refractivity contribution in [3.8, 4) is 0 Å². The normalized spacial score (nSPS) is 9.54. The average Bonchev–Trinajstić information content (AvgIpc) is 2.47. The van der Waals surface area contributed by atoms with E-state index in [0.717, 1.165) is 5.52 Å². The molecule has 0 bridgehead atoms. The first-order valence-electron chi connectivity index (χ1n) is 3.51. The Labute approximate surface area is 80.8 Å². The minimum Gasteiger partial charge on any atom is -0.363 e. The van der Waals surface area contributed by atoms with Gasteiger partial charge in [-0.15, -0.1) is 12.4 Å². The molecule has 0 saturated heterocycles. The molecule has 5 heteroatoms. The van der Waals surface area contributed by atoms with Crippen LogP contribution in [0.4, 0.5) is 0 Å². The lowest BCUT2D eigenvalue weighted by atomic mass is 10.4. The first-order valence-corrected chi connectivity index (χ1v) is 3.51. The van der Waals surface area contributed by atoms with E-state index in [1.807, 2.05) is 18.2 Å². The van der Waals surface area contributed by atoms with Crippen LogP contribution in [0.25, 0.3) is 5.52 Å². The van der Waals surface area contributed by atoms with Gasteiger partial charge in [0.15, 0.2) is 0 Å². The molecule has 68 valence electrons. The lowest BCUT2D eigenvalue weighted by Gasteiger charge is -1.94. The summed E-state index contributed by atoms with van der Waals surface area (Å²) in [7, 11) is 0. The number of aromatic nitrogens is 2. The topological polar surface area (TPSA) is 60.4 Å². The highest BCUT2D eigenvalue weighted by molar-refractivity contribution is 5.90. The molecule has 13 heavy (non-hydrogen) atoms. The van der Waals surface area contributed by atoms with Crippen molar-refractivity contribution >= 4 is 23.8 Å². The molecule has 0 aliphatic rings. The minimum atomic E-state index is -0.513. The molecule has 0 aromatic carbocycles. The summed E-state index contributed by atoms with van der Waals surface area (Å²) < 4.78 is 1.66. The van der Waals surface area contributed by atoms with Crippen LogP contribution in [-0.2, 0) is 0 Å². The third kappa shape index (κ3) is 1.48. The van der Waals surface area contributed by atoms with Gasteiger partial charge in [-0.2, -0.15) is 0 Å². The van der Waals surface area contributed by atoms with Gasteiger partial charge >= 0.3 is 0 Å². The van der Waals surface area contributed by atoms with Gasteiger partial charge in [0.2, 0.25) is 5.82 Å². The molecule has 0 atom stereocenters. The largest absolute Gasteiger partial charge is 0.363 e. The Morgan fingerprint density at radius 1 is 1.46 bits per heavy atom. The van der Waals surface area contributed by atoms with Crippen LogP contribution in [0.3, 0.4) is 0 Å². The number of hydrogen-bond acceptors (Lipinski definition) is 2. The molecule has 1 amide bonds. The lowest BCUT2D eigenvalue weighted by Crippen LogP contribution is -2.14. The van der Waals surface area contributed by atoms with Crippen LogP contribution >= 0.6 is 12.4 Å². The third-order valence-electron chi connectivity index (χ3n) is 1.66. The van der Waals surface area contributed by atoms with E-state index >= 15 is 0 Å². The van der Waals surface area contributed by atoms with E-state index < -0.39 is 5.91 Å². The highest BCUT2D eigenvalue weighted by atomic mass is 35.5. The molecule has 2 N–H and O–H groups in total. The van der Waals surface area contributed by atoms with E-state index in [-0.39, 0.29) is 18.2 Å². The maximum Gasteiger partial charge on any atom is 0.285 e. The summed E-state index contributed by atoms with van der Waals surface area (Å²) in [4.78, 5) is 14.7. The van der Waals surface area contributed by atoms with Crippen molar-refractivity contribution in [3.05, 3.63) is 36.4 Å². The smallest absolute Gasteiger partial charge is 0.285 e. The fourth-order valence-corrected chi connectivity index (χ4v) is 1.13. The molecule has 0 radical (unpaired) electrons. The quantitative estimate of drug-likeness (QED) is 0.737. The van der Waals surface area contributed by atoms with Gasteiger partial charge in [-0.25, -0.2) is 4.98 Å². The highest BCUT2D eigenvalue weighted by Crippen LogP contribution is 2.04. The van der Waals surface area contributed by atoms with Crippen LogP contribution in [0.2, 0.25) is 0 Å². The third-order valence-corrected chi connectivity index (χ3v) is 1.66. The van der Waals surface area contributed by atoms with Crippen molar-refractivity contribution in [1.29, 1.82) is 0 Å². The molecule has 0 spiro atoms. The standard InChI is InChI=1S/C8H7N3O.ClH/c9-7(12)8-10-5-6-3-1-2-4-11(6)8;/h1-5H,(H2,9,12);1H. The van der Waals surface area contributed by atoms with Gasteiger partial charge in [0.05, 0.1) is 11.7 Å². The summed E-state index contributed by atoms with van der Waals surface area (Å²) >= 11 is 0. The number of imidazole rings is 1. The number of hydrogen-bond donors (Lipinski definition) is 1. The van der Waals surface area contributed by atoms with Gasteiger partial charge in [-0.1, -0.05) is 6.07 Å². The fourth-order valence-electron chi connectivity index (χ4n) is 1.13. The first-order chi connectivity index (χ1) is 5.79. The van der Waals surface area contributed by atoms with Gasteiger partial charge < -0.3 is 5.73 Å². The van der Waals surface area contributed by atoms with E-state index in [2.05, 4.69) is 4.98 Å². The number of carbonyl (C=O) groups excluding carboxylic acids is 1. The Bertz CT molecular complexity index is 438. The molecule has 2 rings (SSSR count). The van der Waals surface area contributed by atoms with Crippen LogP contribution in [0, 0.1) is 0 Å². The van der Waals surface area contributed by atoms with Crippen LogP contribution in [0.1, 0.15) is 10.6 Å². The number of nitrogens with zero attached hydrogens (tertiary/aromatic N) is 2. The summed E-state index contributed by atoms with van der Waals surface area (Å²) in [5, 5.41) is 0. The molecule has 0 fully saturated rings. The average molecular weight is 198 g/mol. The monoisotopic (exact) mass is 197 g/mol. The summed E-state index contributed by atoms with van der Waals surface area (Å²) in [5.41, 5.74) is 5.97. The van der Waals surface area contributed by atoms with Crippen molar-refractivity contribution < 1.29 is 4.79 Å². The van der Waals surface area contributed by atoms with Gasteiger partial charge in [-0.05, 0) is 12.1 Å². The molecule has 0 aliphatic heterocycles. The zero-order chi connectivity index (χ0) is 8.55. The maximum atomic E-state index is 10.8. The van der Waals surface area contributed by atoms with E-state index in [9.17, 15) is 4.79 Å². The lowest BCUT2D eigenvalue weighted by molar-refractivity contribution is 0.0990. The Hall–Kier alpha value is -1.55. The molecule has 2 heterocycles. The molecular weight excluding hydrogens is 190 g/mol.